The number of methoxy groups -OCH3 is 1. The van der Waals surface area contributed by atoms with Crippen LogP contribution in [0.15, 0.2) is 12.1 Å². The Morgan fingerprint density at radius 2 is 2.20 bits per heavy atom. The summed E-state index contributed by atoms with van der Waals surface area (Å²) in [6.07, 6.45) is -2.68. The van der Waals surface area contributed by atoms with Crippen LogP contribution in [0.3, 0.4) is 0 Å². The van der Waals surface area contributed by atoms with E-state index in [-0.39, 0.29) is 9.75 Å². The molecule has 1 aromatic rings. The normalized spacial score (nSPS) is 15.1. The largest absolute Gasteiger partial charge is 0.465 e. The molecule has 2 N–H and O–H groups in total. The molecule has 0 spiro atoms. The van der Waals surface area contributed by atoms with Crippen molar-refractivity contribution in [3.05, 3.63) is 21.9 Å². The fourth-order valence-electron chi connectivity index (χ4n) is 0.945. The van der Waals surface area contributed by atoms with Gasteiger partial charge in [0.2, 0.25) is 0 Å². The molecule has 1 rings (SSSR count). The molecule has 0 saturated heterocycles. The van der Waals surface area contributed by atoms with Crippen LogP contribution >= 0.6 is 11.3 Å². The Bertz CT molecular complexity index is 363. The van der Waals surface area contributed by atoms with E-state index >= 15 is 0 Å². The van der Waals surface area contributed by atoms with Crippen molar-refractivity contribution in [2.24, 2.45) is 5.73 Å². The van der Waals surface area contributed by atoms with Crippen molar-refractivity contribution in [2.75, 3.05) is 7.11 Å². The summed E-state index contributed by atoms with van der Waals surface area (Å²) in [5.41, 5.74) is 3.72. The molecule has 0 aromatic carbocycles. The summed E-state index contributed by atoms with van der Waals surface area (Å²) in [7, 11) is 1.23. The van der Waals surface area contributed by atoms with Crippen molar-refractivity contribution < 1.29 is 18.3 Å². The lowest BCUT2D eigenvalue weighted by Gasteiger charge is -2.21. The number of esters is 1. The second-order valence-electron chi connectivity index (χ2n) is 3.24. The highest BCUT2D eigenvalue weighted by Crippen LogP contribution is 2.31. The van der Waals surface area contributed by atoms with Crippen LogP contribution < -0.4 is 5.73 Å². The molecule has 0 radical (unpaired) electrons. The molecule has 15 heavy (non-hydrogen) atoms. The van der Waals surface area contributed by atoms with Gasteiger partial charge in [-0.2, -0.15) is 0 Å². The first-order valence-electron chi connectivity index (χ1n) is 4.15. The number of hydrogen-bond donors (Lipinski definition) is 1. The number of ether oxygens (including phenoxy) is 1. The zero-order chi connectivity index (χ0) is 11.6. The number of alkyl halides is 2. The number of rotatable bonds is 3. The summed E-state index contributed by atoms with van der Waals surface area (Å²) >= 11 is 0.921. The molecular weight excluding hydrogens is 224 g/mol. The summed E-state index contributed by atoms with van der Waals surface area (Å²) in [5.74, 6) is -0.545. The Morgan fingerprint density at radius 1 is 1.60 bits per heavy atom. The predicted octanol–water partition coefficient (Wildman–Crippen LogP) is 1.97. The zero-order valence-electron chi connectivity index (χ0n) is 8.29. The molecule has 0 aliphatic carbocycles. The highest BCUT2D eigenvalue weighted by molar-refractivity contribution is 7.14. The molecule has 1 unspecified atom stereocenters. The third-order valence-corrected chi connectivity index (χ3v) is 3.30. The van der Waals surface area contributed by atoms with Crippen LogP contribution in [0.1, 0.15) is 21.5 Å². The summed E-state index contributed by atoms with van der Waals surface area (Å²) in [6.45, 7) is 1.23. The maximum atomic E-state index is 12.6. The maximum absolute atomic E-state index is 12.6. The fourth-order valence-corrected chi connectivity index (χ4v) is 1.93. The molecule has 1 aromatic heterocycles. The number of carbonyl (C=O) groups is 1. The molecule has 0 saturated carbocycles. The van der Waals surface area contributed by atoms with Gasteiger partial charge in [0.05, 0.1) is 7.11 Å². The van der Waals surface area contributed by atoms with Crippen LogP contribution in [0.5, 0.6) is 0 Å². The lowest BCUT2D eigenvalue weighted by Crippen LogP contribution is -2.39. The predicted molar refractivity (Wildman–Crippen MR) is 53.2 cm³/mol. The molecule has 0 amide bonds. The maximum Gasteiger partial charge on any atom is 0.348 e. The van der Waals surface area contributed by atoms with Crippen molar-refractivity contribution in [3.63, 3.8) is 0 Å². The standard InChI is InChI=1S/C9H11F2NO2S/c1-9(12,8(10)11)6-4-3-5(15-6)7(13)14-2/h3-4,8H,12H2,1-2H3. The van der Waals surface area contributed by atoms with Gasteiger partial charge >= 0.3 is 5.97 Å². The van der Waals surface area contributed by atoms with Crippen LogP contribution in [-0.4, -0.2) is 19.5 Å². The summed E-state index contributed by atoms with van der Waals surface area (Å²) in [6, 6.07) is 2.85. The molecular formula is C9H11F2NO2S. The first-order valence-corrected chi connectivity index (χ1v) is 4.97. The molecule has 1 atom stereocenters. The van der Waals surface area contributed by atoms with Crippen molar-refractivity contribution >= 4 is 17.3 Å². The van der Waals surface area contributed by atoms with E-state index < -0.39 is 17.9 Å². The van der Waals surface area contributed by atoms with E-state index in [9.17, 15) is 13.6 Å². The van der Waals surface area contributed by atoms with E-state index in [0.717, 1.165) is 11.3 Å². The highest BCUT2D eigenvalue weighted by Gasteiger charge is 2.34. The molecule has 1 heterocycles. The van der Waals surface area contributed by atoms with E-state index in [0.29, 0.717) is 0 Å². The van der Waals surface area contributed by atoms with E-state index in [4.69, 9.17) is 5.73 Å². The van der Waals surface area contributed by atoms with Crippen LogP contribution in [0.25, 0.3) is 0 Å². The number of halogens is 2. The number of nitrogens with two attached hydrogens (primary N) is 1. The molecule has 0 fully saturated rings. The van der Waals surface area contributed by atoms with Gasteiger partial charge in [0.15, 0.2) is 0 Å². The van der Waals surface area contributed by atoms with Crippen molar-refractivity contribution in [2.45, 2.75) is 18.9 Å². The average Bonchev–Trinajstić information content (AvgIpc) is 2.65. The van der Waals surface area contributed by atoms with Crippen LogP contribution in [0, 0.1) is 0 Å². The van der Waals surface area contributed by atoms with Crippen molar-refractivity contribution in [1.29, 1.82) is 0 Å². The number of thiophene rings is 1. The van der Waals surface area contributed by atoms with E-state index in [2.05, 4.69) is 4.74 Å². The second kappa shape index (κ2) is 4.24. The average molecular weight is 235 g/mol. The van der Waals surface area contributed by atoms with Gasteiger partial charge in [-0.05, 0) is 19.1 Å². The van der Waals surface area contributed by atoms with E-state index in [1.165, 1.54) is 26.2 Å². The zero-order valence-corrected chi connectivity index (χ0v) is 9.11. The molecule has 3 nitrogen and oxygen atoms in total. The topological polar surface area (TPSA) is 52.3 Å². The van der Waals surface area contributed by atoms with Gasteiger partial charge in [-0.3, -0.25) is 0 Å². The lowest BCUT2D eigenvalue weighted by molar-refractivity contribution is 0.0604. The minimum absolute atomic E-state index is 0.262. The minimum atomic E-state index is -2.68. The molecule has 0 bridgehead atoms. The van der Waals surface area contributed by atoms with Gasteiger partial charge in [-0.25, -0.2) is 13.6 Å². The Hall–Kier alpha value is -1.01. The second-order valence-corrected chi connectivity index (χ2v) is 4.32. The summed E-state index contributed by atoms with van der Waals surface area (Å²) in [4.78, 5) is 11.6. The lowest BCUT2D eigenvalue weighted by atomic mass is 10.0. The Kier molecular flexibility index (Phi) is 3.41. The van der Waals surface area contributed by atoms with Crippen LogP contribution in [0.4, 0.5) is 8.78 Å². The SMILES string of the molecule is COC(=O)c1ccc(C(C)(N)C(F)F)s1. The number of hydrogen-bond acceptors (Lipinski definition) is 4. The van der Waals surface area contributed by atoms with Gasteiger partial charge in [-0.1, -0.05) is 0 Å². The van der Waals surface area contributed by atoms with Crippen LogP contribution in [-0.2, 0) is 10.3 Å². The fraction of sp³-hybridized carbons (Fsp3) is 0.444. The van der Waals surface area contributed by atoms with Crippen LogP contribution in [0.2, 0.25) is 0 Å². The highest BCUT2D eigenvalue weighted by atomic mass is 32.1. The van der Waals surface area contributed by atoms with Gasteiger partial charge < -0.3 is 10.5 Å². The monoisotopic (exact) mass is 235 g/mol. The molecule has 0 aliphatic rings. The Morgan fingerprint density at radius 3 is 2.67 bits per heavy atom. The molecule has 0 aliphatic heterocycles. The quantitative estimate of drug-likeness (QED) is 0.815. The van der Waals surface area contributed by atoms with E-state index in [1.54, 1.807) is 0 Å². The summed E-state index contributed by atoms with van der Waals surface area (Å²) in [5, 5.41) is 0. The number of carbonyl (C=O) groups excluding carboxylic acids is 1. The van der Waals surface area contributed by atoms with Gasteiger partial charge in [0.1, 0.15) is 10.4 Å². The van der Waals surface area contributed by atoms with E-state index in [1.807, 2.05) is 0 Å². The third kappa shape index (κ3) is 2.32. The summed E-state index contributed by atoms with van der Waals surface area (Å²) < 4.78 is 29.6. The smallest absolute Gasteiger partial charge is 0.348 e. The first kappa shape index (κ1) is 12.1. The van der Waals surface area contributed by atoms with Gasteiger partial charge in [0.25, 0.3) is 6.43 Å². The molecule has 6 heteroatoms. The van der Waals surface area contributed by atoms with Crippen molar-refractivity contribution in [1.82, 2.24) is 0 Å². The van der Waals surface area contributed by atoms with Crippen molar-refractivity contribution in [3.8, 4) is 0 Å². The molecule has 84 valence electrons. The Balaban J connectivity index is 2.98. The minimum Gasteiger partial charge on any atom is -0.465 e. The third-order valence-electron chi connectivity index (χ3n) is 1.98. The Labute approximate surface area is 89.8 Å². The van der Waals surface area contributed by atoms with Gasteiger partial charge in [-0.15, -0.1) is 11.3 Å². The first-order chi connectivity index (χ1) is 6.89. The van der Waals surface area contributed by atoms with Gasteiger partial charge in [0, 0.05) is 4.88 Å².